The molecule has 0 saturated heterocycles. The van der Waals surface area contributed by atoms with Gasteiger partial charge < -0.3 is 20.1 Å². The Hall–Kier alpha value is -2.27. The number of nitrogens with one attached hydrogen (secondary N) is 2. The lowest BCUT2D eigenvalue weighted by atomic mass is 9.95. The molecule has 0 spiro atoms. The standard InChI is InChI=1S/C19H24N2O3/c1-12-11-13(2)20-18(12)19(23)21-14-7-9-15(10-8-14)24-17-6-4-3-5-16(17)22/h7-11,16-17,20,22H,3-6H2,1-2H3,(H,21,23). The first kappa shape index (κ1) is 16.6. The van der Waals surface area contributed by atoms with Gasteiger partial charge in [0.2, 0.25) is 0 Å². The minimum absolute atomic E-state index is 0.135. The molecule has 0 bridgehead atoms. The fourth-order valence-corrected chi connectivity index (χ4v) is 3.16. The number of rotatable bonds is 4. The molecule has 1 heterocycles. The number of H-pyrrole nitrogens is 1. The predicted octanol–water partition coefficient (Wildman–Crippen LogP) is 3.57. The van der Waals surface area contributed by atoms with Crippen LogP contribution in [-0.4, -0.2) is 28.2 Å². The maximum atomic E-state index is 12.3. The van der Waals surface area contributed by atoms with E-state index in [0.29, 0.717) is 17.1 Å². The third kappa shape index (κ3) is 3.79. The van der Waals surface area contributed by atoms with E-state index in [-0.39, 0.29) is 12.0 Å². The lowest BCUT2D eigenvalue weighted by Crippen LogP contribution is -2.34. The number of amides is 1. The zero-order chi connectivity index (χ0) is 17.1. The zero-order valence-corrected chi connectivity index (χ0v) is 14.1. The number of carbonyl (C=O) groups is 1. The van der Waals surface area contributed by atoms with Gasteiger partial charge in [0, 0.05) is 11.4 Å². The third-order valence-electron chi connectivity index (χ3n) is 4.44. The van der Waals surface area contributed by atoms with Crippen molar-refractivity contribution in [1.82, 2.24) is 4.98 Å². The number of anilines is 1. The largest absolute Gasteiger partial charge is 0.488 e. The zero-order valence-electron chi connectivity index (χ0n) is 14.1. The molecule has 0 radical (unpaired) electrons. The summed E-state index contributed by atoms with van der Waals surface area (Å²) in [5, 5.41) is 12.8. The Kier molecular flexibility index (Phi) is 4.90. The summed E-state index contributed by atoms with van der Waals surface area (Å²) >= 11 is 0. The summed E-state index contributed by atoms with van der Waals surface area (Å²) in [7, 11) is 0. The molecule has 128 valence electrons. The number of aromatic amines is 1. The van der Waals surface area contributed by atoms with E-state index >= 15 is 0 Å². The van der Waals surface area contributed by atoms with Crippen molar-refractivity contribution in [1.29, 1.82) is 0 Å². The molecular weight excluding hydrogens is 304 g/mol. The molecule has 0 aliphatic heterocycles. The average Bonchev–Trinajstić information content (AvgIpc) is 2.90. The summed E-state index contributed by atoms with van der Waals surface area (Å²) in [6.45, 7) is 3.83. The maximum Gasteiger partial charge on any atom is 0.272 e. The van der Waals surface area contributed by atoms with Gasteiger partial charge in [-0.05, 0) is 69.0 Å². The monoisotopic (exact) mass is 328 g/mol. The highest BCUT2D eigenvalue weighted by Crippen LogP contribution is 2.25. The molecule has 5 nitrogen and oxygen atoms in total. The van der Waals surface area contributed by atoms with Gasteiger partial charge >= 0.3 is 0 Å². The molecule has 3 rings (SSSR count). The molecule has 1 aliphatic rings. The Labute approximate surface area is 142 Å². The fourth-order valence-electron chi connectivity index (χ4n) is 3.16. The fraction of sp³-hybridized carbons (Fsp3) is 0.421. The van der Waals surface area contributed by atoms with E-state index in [4.69, 9.17) is 4.74 Å². The topological polar surface area (TPSA) is 74.3 Å². The van der Waals surface area contributed by atoms with Crippen LogP contribution in [0.15, 0.2) is 30.3 Å². The highest BCUT2D eigenvalue weighted by atomic mass is 16.5. The molecule has 1 saturated carbocycles. The average molecular weight is 328 g/mol. The first-order valence-electron chi connectivity index (χ1n) is 8.45. The number of ether oxygens (including phenoxy) is 1. The molecule has 24 heavy (non-hydrogen) atoms. The van der Waals surface area contributed by atoms with Gasteiger partial charge in [-0.15, -0.1) is 0 Å². The van der Waals surface area contributed by atoms with Crippen LogP contribution in [0.2, 0.25) is 0 Å². The number of benzene rings is 1. The molecule has 1 amide bonds. The van der Waals surface area contributed by atoms with Gasteiger partial charge in [-0.25, -0.2) is 0 Å². The Balaban J connectivity index is 1.62. The number of aliphatic hydroxyl groups is 1. The van der Waals surface area contributed by atoms with Gasteiger partial charge in [-0.1, -0.05) is 6.42 Å². The first-order chi connectivity index (χ1) is 11.5. The summed E-state index contributed by atoms with van der Waals surface area (Å²) in [6.07, 6.45) is 3.30. The minimum atomic E-state index is -0.391. The highest BCUT2D eigenvalue weighted by molar-refractivity contribution is 6.04. The van der Waals surface area contributed by atoms with Crippen LogP contribution < -0.4 is 10.1 Å². The van der Waals surface area contributed by atoms with Crippen LogP contribution in [-0.2, 0) is 0 Å². The van der Waals surface area contributed by atoms with Gasteiger partial charge in [0.05, 0.1) is 6.10 Å². The first-order valence-corrected chi connectivity index (χ1v) is 8.45. The number of hydrogen-bond acceptors (Lipinski definition) is 3. The second kappa shape index (κ2) is 7.09. The lowest BCUT2D eigenvalue weighted by Gasteiger charge is -2.28. The quantitative estimate of drug-likeness (QED) is 0.803. The highest BCUT2D eigenvalue weighted by Gasteiger charge is 2.24. The molecule has 2 atom stereocenters. The minimum Gasteiger partial charge on any atom is -0.488 e. The van der Waals surface area contributed by atoms with Gasteiger partial charge in [0.25, 0.3) is 5.91 Å². The van der Waals surface area contributed by atoms with Crippen LogP contribution in [0.4, 0.5) is 5.69 Å². The lowest BCUT2D eigenvalue weighted by molar-refractivity contribution is 0.00688. The van der Waals surface area contributed by atoms with E-state index in [1.807, 2.05) is 44.2 Å². The molecule has 1 fully saturated rings. The third-order valence-corrected chi connectivity index (χ3v) is 4.44. The van der Waals surface area contributed by atoms with Crippen LogP contribution in [0.25, 0.3) is 0 Å². The summed E-state index contributed by atoms with van der Waals surface area (Å²) < 4.78 is 5.87. The second-order valence-electron chi connectivity index (χ2n) is 6.50. The van der Waals surface area contributed by atoms with Crippen LogP contribution in [0.1, 0.15) is 47.4 Å². The number of aromatic nitrogens is 1. The Morgan fingerprint density at radius 1 is 1.21 bits per heavy atom. The van der Waals surface area contributed by atoms with Crippen molar-refractivity contribution >= 4 is 11.6 Å². The number of hydrogen-bond donors (Lipinski definition) is 3. The summed E-state index contributed by atoms with van der Waals surface area (Å²) in [5.41, 5.74) is 3.19. The van der Waals surface area contributed by atoms with E-state index in [1.54, 1.807) is 0 Å². The van der Waals surface area contributed by atoms with Crippen molar-refractivity contribution in [3.63, 3.8) is 0 Å². The van der Waals surface area contributed by atoms with Crippen LogP contribution >= 0.6 is 0 Å². The van der Waals surface area contributed by atoms with Gasteiger partial charge in [-0.2, -0.15) is 0 Å². The summed E-state index contributed by atoms with van der Waals surface area (Å²) in [4.78, 5) is 15.4. The van der Waals surface area contributed by atoms with Crippen molar-refractivity contribution in [2.24, 2.45) is 0 Å². The van der Waals surface area contributed by atoms with Crippen molar-refractivity contribution in [3.05, 3.63) is 47.3 Å². The normalized spacial score (nSPS) is 20.6. The smallest absolute Gasteiger partial charge is 0.272 e. The molecule has 5 heteroatoms. The van der Waals surface area contributed by atoms with Crippen molar-refractivity contribution in [3.8, 4) is 5.75 Å². The molecule has 1 aliphatic carbocycles. The number of aryl methyl sites for hydroxylation is 2. The van der Waals surface area contributed by atoms with Crippen LogP contribution in [0, 0.1) is 13.8 Å². The van der Waals surface area contributed by atoms with E-state index in [9.17, 15) is 9.90 Å². The van der Waals surface area contributed by atoms with Gasteiger partial charge in [-0.3, -0.25) is 4.79 Å². The Morgan fingerprint density at radius 2 is 1.92 bits per heavy atom. The van der Waals surface area contributed by atoms with Crippen molar-refractivity contribution in [2.75, 3.05) is 5.32 Å². The predicted molar refractivity (Wildman–Crippen MR) is 93.6 cm³/mol. The van der Waals surface area contributed by atoms with Crippen LogP contribution in [0.3, 0.4) is 0 Å². The second-order valence-corrected chi connectivity index (χ2v) is 6.50. The van der Waals surface area contributed by atoms with E-state index in [1.165, 1.54) is 0 Å². The van der Waals surface area contributed by atoms with Gasteiger partial charge in [0.1, 0.15) is 17.5 Å². The Bertz CT molecular complexity index is 706. The van der Waals surface area contributed by atoms with Gasteiger partial charge in [0.15, 0.2) is 0 Å². The van der Waals surface area contributed by atoms with E-state index in [0.717, 1.165) is 36.9 Å². The van der Waals surface area contributed by atoms with Crippen molar-refractivity contribution in [2.45, 2.75) is 51.7 Å². The van der Waals surface area contributed by atoms with E-state index in [2.05, 4.69) is 10.3 Å². The Morgan fingerprint density at radius 3 is 2.54 bits per heavy atom. The molecule has 2 aromatic rings. The maximum absolute atomic E-state index is 12.3. The SMILES string of the molecule is Cc1cc(C)c(C(=O)Nc2ccc(OC3CCCCC3O)cc2)[nH]1. The summed E-state index contributed by atoms with van der Waals surface area (Å²) in [5.74, 6) is 0.558. The molecule has 2 unspecified atom stereocenters. The molecule has 3 N–H and O–H groups in total. The number of aliphatic hydroxyl groups excluding tert-OH is 1. The summed E-state index contributed by atoms with van der Waals surface area (Å²) in [6, 6.07) is 9.22. The number of carbonyl (C=O) groups excluding carboxylic acids is 1. The molecular formula is C19H24N2O3. The van der Waals surface area contributed by atoms with Crippen LogP contribution in [0.5, 0.6) is 5.75 Å². The molecule has 1 aromatic heterocycles. The molecule has 1 aromatic carbocycles. The van der Waals surface area contributed by atoms with Crippen molar-refractivity contribution < 1.29 is 14.6 Å². The van der Waals surface area contributed by atoms with E-state index < -0.39 is 6.10 Å².